The summed E-state index contributed by atoms with van der Waals surface area (Å²) in [6.07, 6.45) is 9.56. The molecule has 146 valence electrons. The molecule has 8 heteroatoms. The molecular formula is C20H23N5O2S. The van der Waals surface area contributed by atoms with Crippen LogP contribution in [0.25, 0.3) is 4.96 Å². The van der Waals surface area contributed by atoms with Crippen molar-refractivity contribution in [2.24, 2.45) is 0 Å². The number of benzene rings is 1. The van der Waals surface area contributed by atoms with Gasteiger partial charge in [-0.15, -0.1) is 11.3 Å². The number of fused-ring (bicyclic) bond motifs is 1. The van der Waals surface area contributed by atoms with Crippen LogP contribution in [-0.2, 0) is 13.1 Å². The molecule has 0 amide bonds. The smallest absolute Gasteiger partial charge is 0.193 e. The molecule has 1 atom stereocenters. The van der Waals surface area contributed by atoms with Crippen LogP contribution in [-0.4, -0.2) is 32.7 Å². The molecule has 0 fully saturated rings. The van der Waals surface area contributed by atoms with E-state index >= 15 is 0 Å². The number of aromatic nitrogens is 4. The monoisotopic (exact) mass is 397 g/mol. The Morgan fingerprint density at radius 1 is 1.29 bits per heavy atom. The summed E-state index contributed by atoms with van der Waals surface area (Å²) in [5.74, 6) is 1.51. The van der Waals surface area contributed by atoms with Gasteiger partial charge in [0, 0.05) is 48.3 Å². The normalized spacial score (nSPS) is 12.4. The standard InChI is InChI=1S/C20H23N5O2S/c1-15(17-13-25-9-11-28-20(25)23-17)22-12-16-4-3-5-18(26-2)19(16)27-10-8-24-7-6-21-14-24/h3-7,9,11,13-15,22H,8,10,12H2,1-2H3/t15-/m0/s1. The fourth-order valence-electron chi connectivity index (χ4n) is 3.02. The lowest BCUT2D eigenvalue weighted by Crippen LogP contribution is -2.19. The van der Waals surface area contributed by atoms with Crippen LogP contribution in [0.15, 0.2) is 54.7 Å². The van der Waals surface area contributed by atoms with Crippen LogP contribution in [0.5, 0.6) is 11.5 Å². The molecule has 4 rings (SSSR count). The van der Waals surface area contributed by atoms with Gasteiger partial charge in [0.05, 0.1) is 25.7 Å². The molecule has 3 aromatic heterocycles. The fourth-order valence-corrected chi connectivity index (χ4v) is 3.73. The first-order valence-corrected chi connectivity index (χ1v) is 10.0. The summed E-state index contributed by atoms with van der Waals surface area (Å²) in [4.78, 5) is 9.74. The van der Waals surface area contributed by atoms with Gasteiger partial charge in [-0.1, -0.05) is 12.1 Å². The predicted molar refractivity (Wildman–Crippen MR) is 109 cm³/mol. The minimum atomic E-state index is 0.122. The van der Waals surface area contributed by atoms with Crippen molar-refractivity contribution >= 4 is 16.3 Å². The zero-order valence-corrected chi connectivity index (χ0v) is 16.7. The first kappa shape index (κ1) is 18.5. The number of rotatable bonds is 9. The SMILES string of the molecule is COc1cccc(CN[C@@H](C)c2cn3ccsc3n2)c1OCCn1ccnc1. The maximum atomic E-state index is 6.07. The number of methoxy groups -OCH3 is 1. The van der Waals surface area contributed by atoms with Gasteiger partial charge in [0.1, 0.15) is 6.61 Å². The molecule has 0 aliphatic carbocycles. The van der Waals surface area contributed by atoms with Crippen LogP contribution >= 0.6 is 11.3 Å². The Labute approximate surface area is 167 Å². The lowest BCUT2D eigenvalue weighted by molar-refractivity contribution is 0.276. The van der Waals surface area contributed by atoms with Gasteiger partial charge in [0.2, 0.25) is 0 Å². The van der Waals surface area contributed by atoms with Crippen molar-refractivity contribution in [3.8, 4) is 11.5 Å². The molecule has 3 heterocycles. The molecule has 1 N–H and O–H groups in total. The summed E-state index contributed by atoms with van der Waals surface area (Å²) in [6.45, 7) is 4.04. The fraction of sp³-hybridized carbons (Fsp3) is 0.300. The molecule has 0 radical (unpaired) electrons. The minimum absolute atomic E-state index is 0.122. The zero-order valence-electron chi connectivity index (χ0n) is 15.9. The highest BCUT2D eigenvalue weighted by Gasteiger charge is 2.14. The van der Waals surface area contributed by atoms with Crippen LogP contribution in [0.1, 0.15) is 24.2 Å². The van der Waals surface area contributed by atoms with E-state index in [0.717, 1.165) is 34.3 Å². The number of nitrogens with one attached hydrogen (secondary N) is 1. The third kappa shape index (κ3) is 4.02. The van der Waals surface area contributed by atoms with E-state index in [-0.39, 0.29) is 6.04 Å². The van der Waals surface area contributed by atoms with Gasteiger partial charge >= 0.3 is 0 Å². The molecule has 0 aliphatic rings. The van der Waals surface area contributed by atoms with Crippen LogP contribution in [0, 0.1) is 0 Å². The second kappa shape index (κ2) is 8.45. The molecule has 0 spiro atoms. The Bertz CT molecular complexity index is 996. The Morgan fingerprint density at radius 2 is 2.21 bits per heavy atom. The van der Waals surface area contributed by atoms with E-state index in [9.17, 15) is 0 Å². The molecule has 0 bridgehead atoms. The number of imidazole rings is 2. The van der Waals surface area contributed by atoms with Crippen LogP contribution in [0.2, 0.25) is 0 Å². The summed E-state index contributed by atoms with van der Waals surface area (Å²) in [5, 5.41) is 5.58. The van der Waals surface area contributed by atoms with E-state index in [2.05, 4.69) is 34.5 Å². The Hall–Kier alpha value is -2.84. The van der Waals surface area contributed by atoms with Crippen molar-refractivity contribution in [2.75, 3.05) is 13.7 Å². The Balaban J connectivity index is 1.43. The predicted octanol–water partition coefficient (Wildman–Crippen LogP) is 3.53. The number of hydrogen-bond donors (Lipinski definition) is 1. The maximum Gasteiger partial charge on any atom is 0.193 e. The van der Waals surface area contributed by atoms with Crippen molar-refractivity contribution in [3.63, 3.8) is 0 Å². The zero-order chi connectivity index (χ0) is 19.3. The van der Waals surface area contributed by atoms with E-state index in [1.54, 1.807) is 31.0 Å². The second-order valence-corrected chi connectivity index (χ2v) is 7.33. The van der Waals surface area contributed by atoms with Gasteiger partial charge in [-0.25, -0.2) is 9.97 Å². The Kier molecular flexibility index (Phi) is 5.59. The highest BCUT2D eigenvalue weighted by atomic mass is 32.1. The Morgan fingerprint density at radius 3 is 3.00 bits per heavy atom. The van der Waals surface area contributed by atoms with Gasteiger partial charge in [0.25, 0.3) is 0 Å². The minimum Gasteiger partial charge on any atom is -0.493 e. The van der Waals surface area contributed by atoms with Crippen LogP contribution in [0.3, 0.4) is 0 Å². The van der Waals surface area contributed by atoms with Crippen molar-refractivity contribution in [2.45, 2.75) is 26.1 Å². The van der Waals surface area contributed by atoms with Gasteiger partial charge < -0.3 is 19.4 Å². The average molecular weight is 398 g/mol. The molecule has 4 aromatic rings. The van der Waals surface area contributed by atoms with Crippen LogP contribution in [0.4, 0.5) is 0 Å². The lowest BCUT2D eigenvalue weighted by Gasteiger charge is -2.17. The van der Waals surface area contributed by atoms with Gasteiger partial charge in [-0.3, -0.25) is 4.40 Å². The summed E-state index contributed by atoms with van der Waals surface area (Å²) in [5.41, 5.74) is 2.08. The molecule has 0 saturated carbocycles. The molecule has 0 unspecified atom stereocenters. The summed E-state index contributed by atoms with van der Waals surface area (Å²) in [6, 6.07) is 6.08. The second-order valence-electron chi connectivity index (χ2n) is 6.46. The van der Waals surface area contributed by atoms with E-state index < -0.39 is 0 Å². The number of para-hydroxylation sites is 1. The van der Waals surface area contributed by atoms with E-state index in [4.69, 9.17) is 9.47 Å². The van der Waals surface area contributed by atoms with Crippen molar-refractivity contribution in [1.82, 2.24) is 24.3 Å². The largest absolute Gasteiger partial charge is 0.493 e. The number of thiazole rings is 1. The van der Waals surface area contributed by atoms with E-state index in [1.165, 1.54) is 0 Å². The number of hydrogen-bond acceptors (Lipinski definition) is 6. The number of ether oxygens (including phenoxy) is 2. The van der Waals surface area contributed by atoms with Gasteiger partial charge in [-0.05, 0) is 13.0 Å². The third-order valence-corrected chi connectivity index (χ3v) is 5.36. The van der Waals surface area contributed by atoms with Crippen LogP contribution < -0.4 is 14.8 Å². The van der Waals surface area contributed by atoms with Crippen molar-refractivity contribution in [1.29, 1.82) is 0 Å². The highest BCUT2D eigenvalue weighted by Crippen LogP contribution is 2.31. The van der Waals surface area contributed by atoms with E-state index in [1.807, 2.05) is 38.9 Å². The van der Waals surface area contributed by atoms with Crippen molar-refractivity contribution in [3.05, 3.63) is 66.0 Å². The quantitative estimate of drug-likeness (QED) is 0.468. The molecule has 1 aromatic carbocycles. The lowest BCUT2D eigenvalue weighted by atomic mass is 10.1. The van der Waals surface area contributed by atoms with Gasteiger partial charge in [0.15, 0.2) is 16.5 Å². The first-order chi connectivity index (χ1) is 13.7. The van der Waals surface area contributed by atoms with Gasteiger partial charge in [-0.2, -0.15) is 0 Å². The topological polar surface area (TPSA) is 65.6 Å². The number of nitrogens with zero attached hydrogens (tertiary/aromatic N) is 4. The maximum absolute atomic E-state index is 6.07. The third-order valence-electron chi connectivity index (χ3n) is 4.59. The molecular weight excluding hydrogens is 374 g/mol. The molecule has 7 nitrogen and oxygen atoms in total. The summed E-state index contributed by atoms with van der Waals surface area (Å²) in [7, 11) is 1.66. The summed E-state index contributed by atoms with van der Waals surface area (Å²) < 4.78 is 15.6. The molecule has 28 heavy (non-hydrogen) atoms. The van der Waals surface area contributed by atoms with Crippen molar-refractivity contribution < 1.29 is 9.47 Å². The molecule has 0 aliphatic heterocycles. The molecule has 0 saturated heterocycles. The summed E-state index contributed by atoms with van der Waals surface area (Å²) >= 11 is 1.64. The highest BCUT2D eigenvalue weighted by molar-refractivity contribution is 7.15. The first-order valence-electron chi connectivity index (χ1n) is 9.14. The van der Waals surface area contributed by atoms with E-state index in [0.29, 0.717) is 13.2 Å². The average Bonchev–Trinajstić information content (AvgIpc) is 3.44.